The molecule has 17 nitrogen and oxygen atoms in total. The second-order valence-electron chi connectivity index (χ2n) is 11.6. The Kier molecular flexibility index (Phi) is 11.4. The normalized spacial score (nSPS) is 19.7. The number of carbonyl (C=O) groups excluding carboxylic acids is 7. The van der Waals surface area contributed by atoms with E-state index in [1.54, 1.807) is 32.0 Å². The topological polar surface area (TPSA) is 233 Å². The van der Waals surface area contributed by atoms with Crippen molar-refractivity contribution in [3.63, 3.8) is 0 Å². The van der Waals surface area contributed by atoms with Gasteiger partial charge in [0.1, 0.15) is 30.1 Å². The molecule has 0 saturated carbocycles. The molecular weight excluding hydrogens is 680 g/mol. The van der Waals surface area contributed by atoms with Crippen LogP contribution in [0.2, 0.25) is 0 Å². The van der Waals surface area contributed by atoms with Gasteiger partial charge in [0, 0.05) is 20.8 Å². The zero-order chi connectivity index (χ0) is 36.9. The van der Waals surface area contributed by atoms with Crippen LogP contribution in [-0.4, -0.2) is 92.7 Å². The van der Waals surface area contributed by atoms with E-state index in [-0.39, 0.29) is 16.9 Å². The molecule has 18 heteroatoms. The van der Waals surface area contributed by atoms with E-state index in [0.29, 0.717) is 0 Å². The molecule has 0 bridgehead atoms. The van der Waals surface area contributed by atoms with Gasteiger partial charge in [0.2, 0.25) is 11.8 Å². The van der Waals surface area contributed by atoms with Gasteiger partial charge < -0.3 is 40.0 Å². The van der Waals surface area contributed by atoms with E-state index in [1.165, 1.54) is 47.0 Å². The van der Waals surface area contributed by atoms with Crippen LogP contribution in [0.3, 0.4) is 0 Å². The van der Waals surface area contributed by atoms with Gasteiger partial charge in [0.15, 0.2) is 17.7 Å². The highest BCUT2D eigenvalue weighted by atomic mass is 32.2. The number of hydrogen-bond acceptors (Lipinski definition) is 13. The summed E-state index contributed by atoms with van der Waals surface area (Å²) in [6, 6.07) is 7.65. The summed E-state index contributed by atoms with van der Waals surface area (Å²) >= 11 is 1.23. The molecule has 50 heavy (non-hydrogen) atoms. The first-order valence-corrected chi connectivity index (χ1v) is 15.9. The molecule has 4 N–H and O–H groups in total. The standard InChI is InChI=1S/C32H34N4O13S/c1-15(37)46-14-20(33-25(40)19-12-9-13-21(47-16(2)38)24(19)48-17(3)39)26(41)34-22(18-10-7-6-8-11-18)27(42)35-23-28(43)36-29(23)50-32(4,5)30(36)49-31(44)45/h6-13,20,22-23,29-30H,14H2,1-5H3,(H,33,40)(H,34,41)(H,35,42)(H,44,45). The molecule has 0 aromatic heterocycles. The monoisotopic (exact) mass is 714 g/mol. The van der Waals surface area contributed by atoms with Gasteiger partial charge in [0.25, 0.3) is 11.8 Å². The van der Waals surface area contributed by atoms with Crippen molar-refractivity contribution >= 4 is 59.5 Å². The molecule has 0 spiro atoms. The van der Waals surface area contributed by atoms with Gasteiger partial charge in [0.05, 0.1) is 10.3 Å². The third-order valence-electron chi connectivity index (χ3n) is 7.34. The number of benzene rings is 2. The summed E-state index contributed by atoms with van der Waals surface area (Å²) in [5, 5.41) is 16.1. The van der Waals surface area contributed by atoms with Crippen molar-refractivity contribution in [3.05, 3.63) is 59.7 Å². The van der Waals surface area contributed by atoms with E-state index in [2.05, 4.69) is 16.0 Å². The van der Waals surface area contributed by atoms with E-state index in [0.717, 1.165) is 20.8 Å². The first-order valence-electron chi connectivity index (χ1n) is 15.0. The summed E-state index contributed by atoms with van der Waals surface area (Å²) in [4.78, 5) is 102. The van der Waals surface area contributed by atoms with Crippen molar-refractivity contribution < 1.29 is 62.4 Å². The van der Waals surface area contributed by atoms with Crippen molar-refractivity contribution in [1.82, 2.24) is 20.9 Å². The Morgan fingerprint density at radius 3 is 2.14 bits per heavy atom. The Morgan fingerprint density at radius 2 is 1.54 bits per heavy atom. The zero-order valence-corrected chi connectivity index (χ0v) is 28.2. The molecule has 5 atom stereocenters. The maximum Gasteiger partial charge on any atom is 0.507 e. The molecule has 266 valence electrons. The molecule has 2 aliphatic rings. The number of nitrogens with zero attached hydrogens (tertiary/aromatic N) is 1. The summed E-state index contributed by atoms with van der Waals surface area (Å²) in [7, 11) is 0. The number of hydrogen-bond donors (Lipinski definition) is 4. The van der Waals surface area contributed by atoms with E-state index >= 15 is 0 Å². The SMILES string of the molecule is CC(=O)OCC(NC(=O)c1cccc(OC(C)=O)c1OC(C)=O)C(=O)NC(C(=O)NC1C(=O)N2C1SC(C)(C)C2OC(=O)O)c1ccccc1. The van der Waals surface area contributed by atoms with Crippen LogP contribution >= 0.6 is 11.8 Å². The van der Waals surface area contributed by atoms with Crippen LogP contribution in [0.25, 0.3) is 0 Å². The number of nitrogens with one attached hydrogen (secondary N) is 3. The molecule has 4 rings (SSSR count). The van der Waals surface area contributed by atoms with E-state index < -0.39 is 94.5 Å². The van der Waals surface area contributed by atoms with Crippen LogP contribution < -0.4 is 25.4 Å². The van der Waals surface area contributed by atoms with Crippen LogP contribution in [0.4, 0.5) is 4.79 Å². The lowest BCUT2D eigenvalue weighted by Crippen LogP contribution is -2.70. The highest BCUT2D eigenvalue weighted by Gasteiger charge is 2.63. The fourth-order valence-corrected chi connectivity index (χ4v) is 6.76. The molecule has 0 radical (unpaired) electrons. The van der Waals surface area contributed by atoms with Crippen LogP contribution in [0.15, 0.2) is 48.5 Å². The molecule has 2 saturated heterocycles. The molecule has 2 heterocycles. The largest absolute Gasteiger partial charge is 0.507 e. The highest BCUT2D eigenvalue weighted by molar-refractivity contribution is 8.01. The molecule has 2 aliphatic heterocycles. The number of para-hydroxylation sites is 1. The van der Waals surface area contributed by atoms with E-state index in [9.17, 15) is 38.4 Å². The van der Waals surface area contributed by atoms with Crippen molar-refractivity contribution in [2.45, 2.75) is 69.1 Å². The Morgan fingerprint density at radius 1 is 0.880 bits per heavy atom. The quantitative estimate of drug-likeness (QED) is 0.138. The fourth-order valence-electron chi connectivity index (χ4n) is 5.22. The number of carbonyl (C=O) groups is 8. The maximum absolute atomic E-state index is 13.7. The fraction of sp³-hybridized carbons (Fsp3) is 0.375. The minimum Gasteiger partial charge on any atom is -0.463 e. The smallest absolute Gasteiger partial charge is 0.463 e. The number of β-lactam (4-membered cyclic amide) rings is 1. The molecule has 4 amide bonds. The average molecular weight is 715 g/mol. The minimum absolute atomic E-state index is 0.254. The van der Waals surface area contributed by atoms with Gasteiger partial charge in [-0.1, -0.05) is 36.4 Å². The lowest BCUT2D eigenvalue weighted by atomic mass is 10.0. The first-order chi connectivity index (χ1) is 23.5. The van der Waals surface area contributed by atoms with Gasteiger partial charge in [-0.25, -0.2) is 4.79 Å². The minimum atomic E-state index is -1.62. The van der Waals surface area contributed by atoms with Crippen LogP contribution in [0.1, 0.15) is 56.6 Å². The highest BCUT2D eigenvalue weighted by Crippen LogP contribution is 2.51. The number of esters is 3. The molecule has 0 aliphatic carbocycles. The maximum atomic E-state index is 13.7. The van der Waals surface area contributed by atoms with Gasteiger partial charge in [-0.15, -0.1) is 11.8 Å². The number of carboxylic acid groups (broad SMARTS) is 1. The van der Waals surface area contributed by atoms with Gasteiger partial charge in [-0.3, -0.25) is 38.5 Å². The van der Waals surface area contributed by atoms with E-state index in [4.69, 9.17) is 24.1 Å². The number of fused-ring (bicyclic) bond motifs is 1. The molecule has 5 unspecified atom stereocenters. The van der Waals surface area contributed by atoms with Gasteiger partial charge in [-0.05, 0) is 31.5 Å². The Labute approximate surface area is 289 Å². The van der Waals surface area contributed by atoms with E-state index in [1.807, 2.05) is 0 Å². The number of thioether (sulfide) groups is 1. The Hall–Kier alpha value is -5.65. The summed E-state index contributed by atoms with van der Waals surface area (Å²) in [5.74, 6) is -6.46. The third kappa shape index (κ3) is 8.49. The molecular formula is C32H34N4O13S. The second kappa shape index (κ2) is 15.3. The van der Waals surface area contributed by atoms with Gasteiger partial charge >= 0.3 is 24.1 Å². The van der Waals surface area contributed by atoms with Crippen molar-refractivity contribution in [1.29, 1.82) is 0 Å². The van der Waals surface area contributed by atoms with Crippen LogP contribution in [-0.2, 0) is 38.2 Å². The first kappa shape index (κ1) is 37.2. The number of rotatable bonds is 12. The third-order valence-corrected chi connectivity index (χ3v) is 8.89. The van der Waals surface area contributed by atoms with Crippen LogP contribution in [0, 0.1) is 0 Å². The number of amides is 4. The zero-order valence-electron chi connectivity index (χ0n) is 27.4. The predicted octanol–water partition coefficient (Wildman–Crippen LogP) is 1.26. The van der Waals surface area contributed by atoms with Crippen molar-refractivity contribution in [2.75, 3.05) is 6.61 Å². The average Bonchev–Trinajstić information content (AvgIpc) is 3.26. The Balaban J connectivity index is 1.58. The van der Waals surface area contributed by atoms with Crippen molar-refractivity contribution in [3.8, 4) is 11.5 Å². The Bertz CT molecular complexity index is 1720. The summed E-state index contributed by atoms with van der Waals surface area (Å²) in [5.41, 5.74) is -0.0237. The number of ether oxygens (including phenoxy) is 4. The summed E-state index contributed by atoms with van der Waals surface area (Å²) in [6.45, 7) is 5.94. The lowest BCUT2D eigenvalue weighted by molar-refractivity contribution is -0.163. The predicted molar refractivity (Wildman–Crippen MR) is 171 cm³/mol. The molecule has 2 aromatic carbocycles. The molecule has 2 aromatic rings. The lowest BCUT2D eigenvalue weighted by Gasteiger charge is -2.44. The second-order valence-corrected chi connectivity index (χ2v) is 13.4. The summed E-state index contributed by atoms with van der Waals surface area (Å²) < 4.78 is 19.3. The summed E-state index contributed by atoms with van der Waals surface area (Å²) in [6.07, 6.45) is -2.66. The molecule has 2 fully saturated rings. The van der Waals surface area contributed by atoms with Crippen molar-refractivity contribution in [2.24, 2.45) is 0 Å². The van der Waals surface area contributed by atoms with Crippen LogP contribution in [0.5, 0.6) is 11.5 Å². The van der Waals surface area contributed by atoms with Gasteiger partial charge in [-0.2, -0.15) is 0 Å².